The van der Waals surface area contributed by atoms with Crippen LogP contribution in [0, 0.1) is 99.1 Å². The molecule has 426 valence electrons. The van der Waals surface area contributed by atoms with Gasteiger partial charge in [0.1, 0.15) is 0 Å². The summed E-state index contributed by atoms with van der Waals surface area (Å²) in [5.74, 6) is -0.463. The van der Waals surface area contributed by atoms with Crippen LogP contribution in [0.25, 0.3) is 17.1 Å². The first kappa shape index (κ1) is 57.8. The van der Waals surface area contributed by atoms with E-state index in [1.54, 1.807) is 65.8 Å². The molecule has 9 heterocycles. The summed E-state index contributed by atoms with van der Waals surface area (Å²) in [4.78, 5) is 45.6. The molecule has 3 aromatic carbocycles. The van der Waals surface area contributed by atoms with E-state index < -0.39 is 24.0 Å². The maximum absolute atomic E-state index is 15.0. The van der Waals surface area contributed by atoms with Gasteiger partial charge in [0.15, 0.2) is 23.2 Å². The fourth-order valence-corrected chi connectivity index (χ4v) is 15.2. The van der Waals surface area contributed by atoms with E-state index in [2.05, 4.69) is 46.4 Å². The number of aryl methyl sites for hydroxylation is 2. The van der Waals surface area contributed by atoms with Crippen molar-refractivity contribution in [3.05, 3.63) is 158 Å². The van der Waals surface area contributed by atoms with Gasteiger partial charge in [0.25, 0.3) is 0 Å². The van der Waals surface area contributed by atoms with Gasteiger partial charge in [-0.2, -0.15) is 29.0 Å². The van der Waals surface area contributed by atoms with Crippen molar-refractivity contribution < 1.29 is 31.9 Å². The Morgan fingerprint density at radius 3 is 1.18 bits per heavy atom. The topological polar surface area (TPSA) is 147 Å². The van der Waals surface area contributed by atoms with Crippen LogP contribution >= 0.6 is 0 Å². The Labute approximate surface area is 478 Å². The van der Waals surface area contributed by atoms with Gasteiger partial charge in [-0.15, -0.1) is 0 Å². The molecule has 12 rings (SSSR count). The third kappa shape index (κ3) is 10.8. The Kier molecular flexibility index (Phi) is 16.3. The largest absolute Gasteiger partial charge is 0.393 e. The Morgan fingerprint density at radius 1 is 0.488 bits per heavy atom. The highest BCUT2D eigenvalue weighted by atomic mass is 19.4. The zero-order valence-electron chi connectivity index (χ0n) is 48.0. The summed E-state index contributed by atoms with van der Waals surface area (Å²) in [7, 11) is 0. The van der Waals surface area contributed by atoms with Gasteiger partial charge in [0, 0.05) is 92.9 Å². The minimum absolute atomic E-state index is 0.0274. The molecule has 3 aromatic heterocycles. The highest BCUT2D eigenvalue weighted by Crippen LogP contribution is 2.49. The molecule has 6 aromatic rings. The predicted molar refractivity (Wildman–Crippen MR) is 305 cm³/mol. The first-order valence-electron chi connectivity index (χ1n) is 28.8. The lowest BCUT2D eigenvalue weighted by molar-refractivity contribution is -0.181. The second-order valence-electron chi connectivity index (χ2n) is 23.9. The van der Waals surface area contributed by atoms with Crippen molar-refractivity contribution in [2.75, 3.05) is 19.6 Å². The van der Waals surface area contributed by atoms with E-state index in [0.717, 1.165) is 71.1 Å². The molecule has 12 nitrogen and oxygen atoms in total. The smallest absolute Gasteiger partial charge is 0.318 e. The first-order chi connectivity index (χ1) is 39.1. The molecule has 0 saturated carbocycles. The SMILES string of the molecule is Cc1c(F)c(C(=O)CN2C3CCC2[C@@H](C)C3)c(C)n1-c1ccc(C#N)cc1.Cc1cc(C(=O)CN2C3CCC2[C@@H](C(F)(F)F)C3)c(C)n1-c1ccc(C#N)cc1.Cc1cc(C(=O)CN2C3CCC2[C@@H](C)C3)c(C)n1-c1ccc(C#N)cc1. The van der Waals surface area contributed by atoms with E-state index in [1.807, 2.05) is 74.7 Å². The molecule has 9 atom stereocenters. The van der Waals surface area contributed by atoms with Crippen LogP contribution in [0.15, 0.2) is 84.9 Å². The van der Waals surface area contributed by atoms with Crippen molar-refractivity contribution in [2.45, 2.75) is 156 Å². The molecule has 0 aliphatic carbocycles. The molecule has 82 heavy (non-hydrogen) atoms. The second-order valence-corrected chi connectivity index (χ2v) is 23.9. The van der Waals surface area contributed by atoms with E-state index in [-0.39, 0.29) is 41.9 Å². The number of hydrogen-bond donors (Lipinski definition) is 0. The average molecular weight is 1110 g/mol. The van der Waals surface area contributed by atoms with Crippen LogP contribution in [-0.4, -0.2) is 108 Å². The molecule has 6 fully saturated rings. The number of nitrogens with zero attached hydrogens (tertiary/aromatic N) is 9. The fourth-order valence-electron chi connectivity index (χ4n) is 15.2. The van der Waals surface area contributed by atoms with Gasteiger partial charge in [-0.25, -0.2) is 4.39 Å². The van der Waals surface area contributed by atoms with Gasteiger partial charge in [0.05, 0.1) is 71.7 Å². The van der Waals surface area contributed by atoms with E-state index in [9.17, 15) is 27.6 Å². The summed E-state index contributed by atoms with van der Waals surface area (Å²) in [5, 5.41) is 26.9. The number of carbonyl (C=O) groups excluding carboxylic acids is 3. The third-order valence-corrected chi connectivity index (χ3v) is 19.1. The number of halogens is 4. The van der Waals surface area contributed by atoms with Gasteiger partial charge in [-0.05, 0) is 196 Å². The monoisotopic (exact) mass is 1110 g/mol. The molecule has 6 unspecified atom stereocenters. The molecule has 6 aliphatic heterocycles. The minimum Gasteiger partial charge on any atom is -0.318 e. The summed E-state index contributed by atoms with van der Waals surface area (Å²) in [6.07, 6.45) is 4.29. The number of aromatic nitrogens is 3. The molecule has 0 N–H and O–H groups in total. The predicted octanol–water partition coefficient (Wildman–Crippen LogP) is 12.7. The van der Waals surface area contributed by atoms with Crippen LogP contribution in [0.5, 0.6) is 0 Å². The lowest BCUT2D eigenvalue weighted by Gasteiger charge is -2.25. The average Bonchev–Trinajstić information content (AvgIpc) is 4.21. The number of nitriles is 3. The number of carbonyl (C=O) groups is 3. The zero-order valence-corrected chi connectivity index (χ0v) is 48.0. The zero-order chi connectivity index (χ0) is 58.6. The van der Waals surface area contributed by atoms with Crippen LogP contribution in [-0.2, 0) is 0 Å². The molecule has 6 bridgehead atoms. The van der Waals surface area contributed by atoms with Crippen molar-refractivity contribution >= 4 is 17.3 Å². The summed E-state index contributed by atoms with van der Waals surface area (Å²) < 4.78 is 60.7. The van der Waals surface area contributed by atoms with E-state index in [1.165, 1.54) is 19.3 Å². The quantitative estimate of drug-likeness (QED) is 0.0863. The standard InChI is InChI=1S/C22H22F3N3O.C22H24FN3O.C22H25N3O/c1-13-9-18(14(2)28(13)16-5-3-15(11-26)4-6-16)21(29)12-27-17-7-8-20(27)19(10-17)22(23,24)25;1-13-10-18-8-9-19(13)25(18)12-20(27)21-14(2)26(15(3)22(21)23)17-6-4-16(11-24)5-7-17;1-14-10-19-8-9-21(14)24(19)13-22(26)20-11-15(2)25(16(20)3)18-6-4-17(12-23)5-7-18/h3-6,9,17,19-20H,7-8,10,12H2,1-2H3;4-7,13,18-19H,8-10,12H2,1-3H3;4-7,11,14,19,21H,8-10,13H2,1-3H3/t17?,19-,20?;13-,18?,19?;14-,19?,21?/m000/s1. The summed E-state index contributed by atoms with van der Waals surface area (Å²) in [6.45, 7) is 16.7. The number of alkyl halides is 3. The maximum atomic E-state index is 15.0. The van der Waals surface area contributed by atoms with Gasteiger partial charge < -0.3 is 13.7 Å². The third-order valence-electron chi connectivity index (χ3n) is 19.1. The molecule has 6 aliphatic rings. The van der Waals surface area contributed by atoms with Crippen LogP contribution < -0.4 is 0 Å². The van der Waals surface area contributed by atoms with Gasteiger partial charge in [0.2, 0.25) is 0 Å². The Balaban J connectivity index is 0.000000138. The Morgan fingerprint density at radius 2 is 0.841 bits per heavy atom. The van der Waals surface area contributed by atoms with Crippen molar-refractivity contribution in [3.8, 4) is 35.3 Å². The maximum Gasteiger partial charge on any atom is 0.393 e. The van der Waals surface area contributed by atoms with Crippen LogP contribution in [0.4, 0.5) is 17.6 Å². The van der Waals surface area contributed by atoms with Crippen molar-refractivity contribution in [2.24, 2.45) is 17.8 Å². The number of benzene rings is 3. The lowest BCUT2D eigenvalue weighted by Crippen LogP contribution is -2.38. The molecule has 0 amide bonds. The van der Waals surface area contributed by atoms with Gasteiger partial charge in [-0.3, -0.25) is 29.1 Å². The van der Waals surface area contributed by atoms with Gasteiger partial charge >= 0.3 is 6.18 Å². The van der Waals surface area contributed by atoms with Crippen molar-refractivity contribution in [1.29, 1.82) is 15.8 Å². The number of fused-ring (bicyclic) bond motifs is 6. The molecule has 6 saturated heterocycles. The number of hydrogen-bond acceptors (Lipinski definition) is 9. The number of rotatable bonds is 12. The van der Waals surface area contributed by atoms with Crippen LogP contribution in [0.1, 0.15) is 154 Å². The molecule has 0 radical (unpaired) electrons. The molecule has 16 heteroatoms. The molecular weight excluding hydrogens is 1040 g/mol. The Hall–Kier alpha value is -7.42. The molecular formula is C66H71F4N9O3. The van der Waals surface area contributed by atoms with Gasteiger partial charge in [-0.1, -0.05) is 13.8 Å². The van der Waals surface area contributed by atoms with Crippen molar-refractivity contribution in [1.82, 2.24) is 28.4 Å². The minimum atomic E-state index is -4.20. The molecule has 0 spiro atoms. The number of ketones is 3. The summed E-state index contributed by atoms with van der Waals surface area (Å²) in [6, 6.07) is 33.1. The lowest BCUT2D eigenvalue weighted by atomic mass is 9.89. The first-order valence-corrected chi connectivity index (χ1v) is 28.8. The highest BCUT2D eigenvalue weighted by molar-refractivity contribution is 6.00. The summed E-state index contributed by atoms with van der Waals surface area (Å²) >= 11 is 0. The fraction of sp³-hybridized carbons (Fsp3) is 0.455. The summed E-state index contributed by atoms with van der Waals surface area (Å²) in [5.41, 5.74) is 10.6. The van der Waals surface area contributed by atoms with Crippen LogP contribution in [0.3, 0.4) is 0 Å². The van der Waals surface area contributed by atoms with E-state index in [0.29, 0.717) is 89.2 Å². The number of Topliss-reactive ketones (excluding diaryl/α,β-unsaturated/α-hetero) is 3. The second kappa shape index (κ2) is 23.1. The van der Waals surface area contributed by atoms with E-state index >= 15 is 4.39 Å². The van der Waals surface area contributed by atoms with E-state index in [4.69, 9.17) is 15.8 Å². The van der Waals surface area contributed by atoms with Crippen LogP contribution in [0.2, 0.25) is 0 Å². The van der Waals surface area contributed by atoms with Crippen molar-refractivity contribution in [3.63, 3.8) is 0 Å². The highest BCUT2D eigenvalue weighted by Gasteiger charge is 2.57. The Bertz CT molecular complexity index is 3550. The normalized spacial score (nSPS) is 24.4.